The van der Waals surface area contributed by atoms with Crippen molar-refractivity contribution in [2.24, 2.45) is 11.8 Å². The highest BCUT2D eigenvalue weighted by Crippen LogP contribution is 2.30. The van der Waals surface area contributed by atoms with Gasteiger partial charge in [0.25, 0.3) is 0 Å². The minimum Gasteiger partial charge on any atom is -0.335 e. The molecule has 0 saturated heterocycles. The summed E-state index contributed by atoms with van der Waals surface area (Å²) in [5, 5.41) is 0. The Morgan fingerprint density at radius 3 is 1.69 bits per heavy atom. The summed E-state index contributed by atoms with van der Waals surface area (Å²) in [6.45, 7) is 11.5. The Bertz CT molecular complexity index is 994. The van der Waals surface area contributed by atoms with Crippen LogP contribution in [0.1, 0.15) is 82.9 Å². The molecule has 5 heteroatoms. The second kappa shape index (κ2) is 13.0. The molecule has 0 atom stereocenters. The first-order valence-electron chi connectivity index (χ1n) is 13.5. The fourth-order valence-electron chi connectivity index (χ4n) is 4.25. The van der Waals surface area contributed by atoms with E-state index in [1.54, 1.807) is 12.1 Å². The number of halogens is 1. The maximum Gasteiger partial charge on any atom is 0.223 e. The van der Waals surface area contributed by atoms with E-state index < -0.39 is 0 Å². The molecular weight excluding hydrogens is 451 g/mol. The zero-order valence-electron chi connectivity index (χ0n) is 22.7. The molecule has 0 heterocycles. The summed E-state index contributed by atoms with van der Waals surface area (Å²) in [5.74, 6) is 1.03. The lowest BCUT2D eigenvalue weighted by Crippen LogP contribution is -2.33. The molecule has 2 fully saturated rings. The van der Waals surface area contributed by atoms with Crippen LogP contribution >= 0.6 is 0 Å². The number of amides is 2. The second-order valence-corrected chi connectivity index (χ2v) is 11.3. The van der Waals surface area contributed by atoms with Crippen molar-refractivity contribution >= 4 is 11.8 Å². The van der Waals surface area contributed by atoms with Crippen molar-refractivity contribution in [2.75, 3.05) is 0 Å². The molecule has 4 rings (SSSR count). The van der Waals surface area contributed by atoms with Gasteiger partial charge >= 0.3 is 0 Å². The van der Waals surface area contributed by atoms with Gasteiger partial charge in [0.05, 0.1) is 0 Å². The smallest absolute Gasteiger partial charge is 0.223 e. The molecular formula is C31H43FN2O2. The van der Waals surface area contributed by atoms with Crippen LogP contribution in [0.25, 0.3) is 0 Å². The summed E-state index contributed by atoms with van der Waals surface area (Å²) in [7, 11) is 0. The minimum atomic E-state index is -0.222. The fraction of sp³-hybridized carbons (Fsp3) is 0.548. The number of carbonyl (C=O) groups is 2. The van der Waals surface area contributed by atoms with Crippen molar-refractivity contribution in [2.45, 2.75) is 98.3 Å². The second-order valence-electron chi connectivity index (χ2n) is 11.3. The minimum absolute atomic E-state index is 0.149. The van der Waals surface area contributed by atoms with Gasteiger partial charge in [-0.05, 0) is 56.1 Å². The molecule has 0 aromatic heterocycles. The monoisotopic (exact) mass is 494 g/mol. The summed E-state index contributed by atoms with van der Waals surface area (Å²) in [5.41, 5.74) is 3.12. The molecule has 0 spiro atoms. The average Bonchev–Trinajstić information content (AvgIpc) is 3.72. The number of hydrogen-bond acceptors (Lipinski definition) is 2. The maximum absolute atomic E-state index is 13.6. The van der Waals surface area contributed by atoms with Crippen LogP contribution in [-0.2, 0) is 22.7 Å². The number of benzene rings is 2. The van der Waals surface area contributed by atoms with E-state index in [1.807, 2.05) is 24.8 Å². The Kier molecular flexibility index (Phi) is 10.1. The van der Waals surface area contributed by atoms with Crippen molar-refractivity contribution in [3.8, 4) is 0 Å². The van der Waals surface area contributed by atoms with Gasteiger partial charge in [0.1, 0.15) is 5.82 Å². The van der Waals surface area contributed by atoms with Crippen LogP contribution in [0, 0.1) is 24.6 Å². The summed E-state index contributed by atoms with van der Waals surface area (Å²) in [6.07, 6.45) is 5.68. The topological polar surface area (TPSA) is 40.6 Å². The zero-order valence-corrected chi connectivity index (χ0v) is 22.7. The highest BCUT2D eigenvalue weighted by Gasteiger charge is 2.33. The molecule has 4 nitrogen and oxygen atoms in total. The summed E-state index contributed by atoms with van der Waals surface area (Å²) >= 11 is 0. The number of nitrogens with zero attached hydrogens (tertiary/aromatic N) is 2. The van der Waals surface area contributed by atoms with Gasteiger partial charge < -0.3 is 9.80 Å². The molecule has 2 aliphatic carbocycles. The standard InChI is InChI=1S/C16H23NO.C15H20FNO/c1-12(2)10-16(18)17(15-8-9-15)11-14-6-4-13(3)5-7-14;1-11(2)9-15(18)17(13-7-8-13)10-12-5-3-4-6-14(12)16/h4-7,12,15H,8-11H2,1-3H3;3-6,11,13H,7-10H2,1-2H3. The van der Waals surface area contributed by atoms with Gasteiger partial charge in [0.15, 0.2) is 0 Å². The molecule has 0 aliphatic heterocycles. The molecule has 0 unspecified atom stereocenters. The molecule has 2 amide bonds. The SMILES string of the molecule is CC(C)CC(=O)N(Cc1ccccc1F)C1CC1.Cc1ccc(CN(C(=O)CC(C)C)C2CC2)cc1. The largest absolute Gasteiger partial charge is 0.335 e. The fourth-order valence-corrected chi connectivity index (χ4v) is 4.25. The van der Waals surface area contributed by atoms with Crippen LogP contribution in [0.5, 0.6) is 0 Å². The van der Waals surface area contributed by atoms with Gasteiger partial charge in [-0.25, -0.2) is 4.39 Å². The van der Waals surface area contributed by atoms with E-state index in [0.29, 0.717) is 54.8 Å². The normalized spacial score (nSPS) is 14.9. The lowest BCUT2D eigenvalue weighted by molar-refractivity contribution is -0.134. The van der Waals surface area contributed by atoms with Gasteiger partial charge in [0, 0.05) is 43.6 Å². The highest BCUT2D eigenvalue weighted by atomic mass is 19.1. The van der Waals surface area contributed by atoms with Crippen LogP contribution in [0.4, 0.5) is 4.39 Å². The predicted octanol–water partition coefficient (Wildman–Crippen LogP) is 6.89. The number of rotatable bonds is 10. The van der Waals surface area contributed by atoms with Crippen molar-refractivity contribution < 1.29 is 14.0 Å². The predicted molar refractivity (Wildman–Crippen MR) is 144 cm³/mol. The lowest BCUT2D eigenvalue weighted by atomic mass is 10.1. The Labute approximate surface area is 216 Å². The van der Waals surface area contributed by atoms with Crippen LogP contribution in [-0.4, -0.2) is 33.7 Å². The highest BCUT2D eigenvalue weighted by molar-refractivity contribution is 5.77. The molecule has 2 saturated carbocycles. The van der Waals surface area contributed by atoms with Gasteiger partial charge in [-0.3, -0.25) is 9.59 Å². The van der Waals surface area contributed by atoms with E-state index in [4.69, 9.17) is 0 Å². The number of carbonyl (C=O) groups excluding carboxylic acids is 2. The first-order valence-corrected chi connectivity index (χ1v) is 13.5. The molecule has 0 radical (unpaired) electrons. The van der Waals surface area contributed by atoms with Crippen LogP contribution in [0.3, 0.4) is 0 Å². The number of hydrogen-bond donors (Lipinski definition) is 0. The molecule has 2 aliphatic rings. The van der Waals surface area contributed by atoms with Crippen LogP contribution in [0.2, 0.25) is 0 Å². The van der Waals surface area contributed by atoms with Crippen molar-refractivity contribution in [1.29, 1.82) is 0 Å². The van der Waals surface area contributed by atoms with Gasteiger partial charge in [-0.2, -0.15) is 0 Å². The van der Waals surface area contributed by atoms with Crippen molar-refractivity contribution in [1.82, 2.24) is 9.80 Å². The van der Waals surface area contributed by atoms with Gasteiger partial charge in [0.2, 0.25) is 11.8 Å². The van der Waals surface area contributed by atoms with Crippen molar-refractivity contribution in [3.05, 3.63) is 71.0 Å². The molecule has 196 valence electrons. The lowest BCUT2D eigenvalue weighted by Gasteiger charge is -2.23. The average molecular weight is 495 g/mol. The Morgan fingerprint density at radius 2 is 1.25 bits per heavy atom. The van der Waals surface area contributed by atoms with Crippen LogP contribution < -0.4 is 0 Å². The Hall–Kier alpha value is -2.69. The van der Waals surface area contributed by atoms with Gasteiger partial charge in [-0.15, -0.1) is 0 Å². The third kappa shape index (κ3) is 9.07. The Morgan fingerprint density at radius 1 is 0.778 bits per heavy atom. The van der Waals surface area contributed by atoms with E-state index in [-0.39, 0.29) is 11.7 Å². The molecule has 2 aromatic carbocycles. The molecule has 0 bridgehead atoms. The Balaban J connectivity index is 0.000000201. The first kappa shape index (κ1) is 27.9. The third-order valence-electron chi connectivity index (χ3n) is 6.55. The number of aryl methyl sites for hydroxylation is 1. The third-order valence-corrected chi connectivity index (χ3v) is 6.55. The van der Waals surface area contributed by atoms with Crippen LogP contribution in [0.15, 0.2) is 48.5 Å². The summed E-state index contributed by atoms with van der Waals surface area (Å²) in [4.78, 5) is 28.3. The summed E-state index contributed by atoms with van der Waals surface area (Å²) < 4.78 is 13.6. The van der Waals surface area contributed by atoms with E-state index in [0.717, 1.165) is 19.4 Å². The maximum atomic E-state index is 13.6. The molecule has 2 aromatic rings. The zero-order chi connectivity index (χ0) is 26.2. The molecule has 0 N–H and O–H groups in total. The summed E-state index contributed by atoms with van der Waals surface area (Å²) in [6, 6.07) is 16.0. The van der Waals surface area contributed by atoms with E-state index in [9.17, 15) is 14.0 Å². The van der Waals surface area contributed by atoms with E-state index >= 15 is 0 Å². The molecule has 36 heavy (non-hydrogen) atoms. The van der Waals surface area contributed by atoms with Crippen molar-refractivity contribution in [3.63, 3.8) is 0 Å². The van der Waals surface area contributed by atoms with E-state index in [2.05, 4.69) is 49.9 Å². The quantitative estimate of drug-likeness (QED) is 0.361. The van der Waals surface area contributed by atoms with E-state index in [1.165, 1.54) is 30.0 Å². The first-order chi connectivity index (χ1) is 17.1. The van der Waals surface area contributed by atoms with Gasteiger partial charge in [-0.1, -0.05) is 75.7 Å².